The highest BCUT2D eigenvalue weighted by molar-refractivity contribution is 5.79. The van der Waals surface area contributed by atoms with Gasteiger partial charge in [-0.3, -0.25) is 0 Å². The van der Waals surface area contributed by atoms with Gasteiger partial charge in [0.25, 0.3) is 0 Å². The molecule has 0 radical (unpaired) electrons. The van der Waals surface area contributed by atoms with E-state index < -0.39 is 0 Å². The number of rotatable bonds is 0. The Balaban J connectivity index is 2.66. The third-order valence-corrected chi connectivity index (χ3v) is 1.92. The second kappa shape index (κ2) is 2.99. The summed E-state index contributed by atoms with van der Waals surface area (Å²) in [6, 6.07) is 8.08. The van der Waals surface area contributed by atoms with Crippen molar-refractivity contribution in [3.8, 4) is 11.8 Å². The van der Waals surface area contributed by atoms with Gasteiger partial charge in [0.1, 0.15) is 5.58 Å². The molecule has 0 saturated carbocycles. The number of furan rings is 1. The fourth-order valence-corrected chi connectivity index (χ4v) is 1.35. The first kappa shape index (κ1) is 7.94. The topological polar surface area (TPSA) is 13.1 Å². The molecule has 0 N–H and O–H groups in total. The van der Waals surface area contributed by atoms with E-state index in [1.807, 2.05) is 18.2 Å². The molecule has 1 aromatic carbocycles. The molecule has 1 heterocycles. The summed E-state index contributed by atoms with van der Waals surface area (Å²) in [7, 11) is 0. The van der Waals surface area contributed by atoms with Crippen LogP contribution in [0.4, 0.5) is 0 Å². The van der Waals surface area contributed by atoms with Crippen LogP contribution >= 0.6 is 0 Å². The fourth-order valence-electron chi connectivity index (χ4n) is 1.35. The van der Waals surface area contributed by atoms with Crippen molar-refractivity contribution in [2.24, 2.45) is 0 Å². The molecule has 64 valence electrons. The number of hydrogen-bond acceptors (Lipinski definition) is 1. The van der Waals surface area contributed by atoms with E-state index in [-0.39, 0.29) is 0 Å². The molecule has 1 aromatic heterocycles. The van der Waals surface area contributed by atoms with Gasteiger partial charge in [0.15, 0.2) is 5.76 Å². The third-order valence-electron chi connectivity index (χ3n) is 1.92. The quantitative estimate of drug-likeness (QED) is 0.554. The molecule has 0 saturated heterocycles. The van der Waals surface area contributed by atoms with E-state index in [4.69, 9.17) is 4.42 Å². The van der Waals surface area contributed by atoms with Crippen LogP contribution in [0.3, 0.4) is 0 Å². The average Bonchev–Trinajstić information content (AvgIpc) is 2.46. The number of benzene rings is 1. The van der Waals surface area contributed by atoms with Crippen LogP contribution in [0.5, 0.6) is 0 Å². The van der Waals surface area contributed by atoms with E-state index in [0.29, 0.717) is 0 Å². The molecule has 2 aromatic rings. The molecule has 1 nitrogen and oxygen atoms in total. The Kier molecular flexibility index (Phi) is 1.83. The van der Waals surface area contributed by atoms with E-state index in [2.05, 4.69) is 24.8 Å². The maximum atomic E-state index is 5.49. The van der Waals surface area contributed by atoms with Crippen LogP contribution in [0.25, 0.3) is 11.0 Å². The van der Waals surface area contributed by atoms with Gasteiger partial charge in [-0.2, -0.15) is 0 Å². The van der Waals surface area contributed by atoms with Gasteiger partial charge in [0.2, 0.25) is 0 Å². The Morgan fingerprint density at radius 2 is 2.08 bits per heavy atom. The van der Waals surface area contributed by atoms with Crippen molar-refractivity contribution < 1.29 is 4.42 Å². The lowest BCUT2D eigenvalue weighted by atomic mass is 10.2. The molecular formula is C12H10O. The van der Waals surface area contributed by atoms with Crippen molar-refractivity contribution in [1.82, 2.24) is 0 Å². The third kappa shape index (κ3) is 1.43. The first-order chi connectivity index (χ1) is 6.29. The van der Waals surface area contributed by atoms with E-state index in [9.17, 15) is 0 Å². The first-order valence-corrected chi connectivity index (χ1v) is 4.22. The lowest BCUT2D eigenvalue weighted by Crippen LogP contribution is -1.67. The number of fused-ring (bicyclic) bond motifs is 1. The molecule has 0 fully saturated rings. The largest absolute Gasteiger partial charge is 0.448 e. The molecule has 0 aliphatic rings. The van der Waals surface area contributed by atoms with E-state index in [0.717, 1.165) is 16.7 Å². The lowest BCUT2D eigenvalue weighted by molar-refractivity contribution is 0.601. The van der Waals surface area contributed by atoms with Crippen LogP contribution in [-0.2, 0) is 0 Å². The highest BCUT2D eigenvalue weighted by atomic mass is 16.3. The summed E-state index contributed by atoms with van der Waals surface area (Å²) in [6.07, 6.45) is 0. The van der Waals surface area contributed by atoms with Crippen LogP contribution in [0, 0.1) is 18.8 Å². The van der Waals surface area contributed by atoms with E-state index in [1.54, 1.807) is 6.92 Å². The maximum Gasteiger partial charge on any atom is 0.178 e. The lowest BCUT2D eigenvalue weighted by Gasteiger charge is -1.89. The number of aryl methyl sites for hydroxylation is 1. The Labute approximate surface area is 77.4 Å². The van der Waals surface area contributed by atoms with E-state index >= 15 is 0 Å². The molecule has 0 bridgehead atoms. The van der Waals surface area contributed by atoms with Crippen molar-refractivity contribution in [1.29, 1.82) is 0 Å². The molecule has 1 heteroatoms. The van der Waals surface area contributed by atoms with Gasteiger partial charge >= 0.3 is 0 Å². The van der Waals surface area contributed by atoms with Gasteiger partial charge in [0.05, 0.1) is 0 Å². The Morgan fingerprint density at radius 1 is 1.23 bits per heavy atom. The summed E-state index contributed by atoms with van der Waals surface area (Å²) in [5.41, 5.74) is 2.15. The summed E-state index contributed by atoms with van der Waals surface area (Å²) < 4.78 is 5.49. The van der Waals surface area contributed by atoms with Crippen molar-refractivity contribution in [2.75, 3.05) is 0 Å². The Bertz CT molecular complexity index is 495. The van der Waals surface area contributed by atoms with Crippen molar-refractivity contribution in [2.45, 2.75) is 13.8 Å². The molecular weight excluding hydrogens is 160 g/mol. The SMILES string of the molecule is CC#Cc1cc2cc(C)ccc2o1. The van der Waals surface area contributed by atoms with Crippen molar-refractivity contribution in [3.05, 3.63) is 35.6 Å². The summed E-state index contributed by atoms with van der Waals surface area (Å²) in [5, 5.41) is 1.12. The second-order valence-corrected chi connectivity index (χ2v) is 3.03. The summed E-state index contributed by atoms with van der Waals surface area (Å²) >= 11 is 0. The predicted molar refractivity (Wildman–Crippen MR) is 53.5 cm³/mol. The van der Waals surface area contributed by atoms with Gasteiger partial charge in [0, 0.05) is 11.5 Å². The van der Waals surface area contributed by atoms with Gasteiger partial charge in [-0.15, -0.1) is 0 Å². The highest BCUT2D eigenvalue weighted by Gasteiger charge is 2.00. The maximum absolute atomic E-state index is 5.49. The van der Waals surface area contributed by atoms with Crippen molar-refractivity contribution in [3.63, 3.8) is 0 Å². The molecule has 0 aliphatic heterocycles. The minimum Gasteiger partial charge on any atom is -0.448 e. The zero-order valence-corrected chi connectivity index (χ0v) is 7.72. The minimum atomic E-state index is 0.739. The average molecular weight is 170 g/mol. The van der Waals surface area contributed by atoms with Crippen molar-refractivity contribution >= 4 is 11.0 Å². The molecule has 0 aliphatic carbocycles. The van der Waals surface area contributed by atoms with Crippen LogP contribution < -0.4 is 0 Å². The van der Waals surface area contributed by atoms with Gasteiger partial charge in [-0.1, -0.05) is 17.6 Å². The molecule has 0 spiro atoms. The second-order valence-electron chi connectivity index (χ2n) is 3.03. The van der Waals surface area contributed by atoms with Gasteiger partial charge < -0.3 is 4.42 Å². The smallest absolute Gasteiger partial charge is 0.178 e. The summed E-state index contributed by atoms with van der Waals surface area (Å²) in [6.45, 7) is 3.87. The van der Waals surface area contributed by atoms with Gasteiger partial charge in [-0.25, -0.2) is 0 Å². The Hall–Kier alpha value is -1.68. The van der Waals surface area contributed by atoms with Gasteiger partial charge in [-0.05, 0) is 31.9 Å². The molecule has 0 amide bonds. The molecule has 0 atom stereocenters. The predicted octanol–water partition coefficient (Wildman–Crippen LogP) is 3.11. The molecule has 2 rings (SSSR count). The minimum absolute atomic E-state index is 0.739. The standard InChI is InChI=1S/C12H10O/c1-3-4-11-8-10-7-9(2)5-6-12(10)13-11/h5-8H,1-2H3. The zero-order valence-electron chi connectivity index (χ0n) is 7.72. The fraction of sp³-hybridized carbons (Fsp3) is 0.167. The van der Waals surface area contributed by atoms with Crippen LogP contribution in [0.1, 0.15) is 18.2 Å². The monoisotopic (exact) mass is 170 g/mol. The summed E-state index contributed by atoms with van der Waals surface area (Å²) in [4.78, 5) is 0. The number of hydrogen-bond donors (Lipinski definition) is 0. The Morgan fingerprint density at radius 3 is 2.85 bits per heavy atom. The highest BCUT2D eigenvalue weighted by Crippen LogP contribution is 2.19. The van der Waals surface area contributed by atoms with Crippen LogP contribution in [0.2, 0.25) is 0 Å². The summed E-state index contributed by atoms with van der Waals surface area (Å²) in [5.74, 6) is 6.45. The van der Waals surface area contributed by atoms with Crippen LogP contribution in [0.15, 0.2) is 28.7 Å². The van der Waals surface area contributed by atoms with E-state index in [1.165, 1.54) is 5.56 Å². The first-order valence-electron chi connectivity index (χ1n) is 4.22. The zero-order chi connectivity index (χ0) is 9.26. The molecule has 13 heavy (non-hydrogen) atoms. The van der Waals surface area contributed by atoms with Crippen LogP contribution in [-0.4, -0.2) is 0 Å². The molecule has 0 unspecified atom stereocenters. The normalized spacial score (nSPS) is 9.69.